The van der Waals surface area contributed by atoms with E-state index in [1.54, 1.807) is 51.1 Å². The number of ether oxygens (including phenoxy) is 3. The molecule has 0 bridgehead atoms. The number of amides is 1. The Bertz CT molecular complexity index is 2020. The van der Waals surface area contributed by atoms with Gasteiger partial charge in [-0.15, -0.1) is 0 Å². The number of aromatic nitrogens is 1. The normalized spacial score (nSPS) is 12.6. The second-order valence-electron chi connectivity index (χ2n) is 11.8. The number of alkyl halides is 3. The molecule has 0 saturated carbocycles. The van der Waals surface area contributed by atoms with Gasteiger partial charge in [-0.3, -0.25) is 4.79 Å². The van der Waals surface area contributed by atoms with Crippen LogP contribution in [0.5, 0.6) is 11.5 Å². The molecule has 4 N–H and O–H groups in total. The first-order valence-corrected chi connectivity index (χ1v) is 15.9. The maximum Gasteiger partial charge on any atom is 0.491 e. The molecule has 9 nitrogen and oxygen atoms in total. The van der Waals surface area contributed by atoms with E-state index in [1.807, 2.05) is 43.3 Å². The SMILES string of the molecule is CCOc1cc(C(Nc2ccc3c(N)nccc3c2)(OC(=O)C(F)(F)F)C(=O)NCc2ccccc2-c2cccc(C)c2)ccc1OC(C)C. The molecule has 1 aromatic heterocycles. The average Bonchev–Trinajstić information content (AvgIpc) is 3.07. The lowest BCUT2D eigenvalue weighted by Gasteiger charge is -2.35. The number of hydrogen-bond acceptors (Lipinski definition) is 8. The number of rotatable bonds is 12. The number of fused-ring (bicyclic) bond motifs is 1. The minimum atomic E-state index is -5.45. The number of nitrogen functional groups attached to an aromatic ring is 1. The number of nitrogens with two attached hydrogens (primary N) is 1. The highest BCUT2D eigenvalue weighted by Gasteiger charge is 2.52. The Hall–Kier alpha value is -5.78. The van der Waals surface area contributed by atoms with Crippen molar-refractivity contribution in [2.75, 3.05) is 17.7 Å². The molecular weight excluding hydrogens is 649 g/mol. The zero-order valence-corrected chi connectivity index (χ0v) is 27.9. The number of nitrogens with one attached hydrogen (secondary N) is 2. The van der Waals surface area contributed by atoms with E-state index in [2.05, 4.69) is 15.6 Å². The summed E-state index contributed by atoms with van der Waals surface area (Å²) in [5, 5.41) is 6.71. The van der Waals surface area contributed by atoms with Crippen molar-refractivity contribution in [3.8, 4) is 22.6 Å². The molecule has 1 unspecified atom stereocenters. The second kappa shape index (κ2) is 14.8. The van der Waals surface area contributed by atoms with Crippen LogP contribution < -0.4 is 25.8 Å². The van der Waals surface area contributed by atoms with Crippen molar-refractivity contribution in [2.24, 2.45) is 0 Å². The molecule has 260 valence electrons. The predicted octanol–water partition coefficient (Wildman–Crippen LogP) is 7.67. The minimum Gasteiger partial charge on any atom is -0.490 e. The lowest BCUT2D eigenvalue weighted by Crippen LogP contribution is -2.54. The van der Waals surface area contributed by atoms with Crippen molar-refractivity contribution >= 4 is 34.2 Å². The Labute approximate surface area is 287 Å². The van der Waals surface area contributed by atoms with Crippen molar-refractivity contribution < 1.29 is 37.0 Å². The number of hydrogen-bond donors (Lipinski definition) is 3. The van der Waals surface area contributed by atoms with Gasteiger partial charge in [0.15, 0.2) is 11.5 Å². The van der Waals surface area contributed by atoms with Gasteiger partial charge in [0.25, 0.3) is 11.6 Å². The number of nitrogens with zero attached hydrogens (tertiary/aromatic N) is 1. The third-order valence-electron chi connectivity index (χ3n) is 7.71. The van der Waals surface area contributed by atoms with Gasteiger partial charge in [0, 0.05) is 29.4 Å². The third-order valence-corrected chi connectivity index (χ3v) is 7.71. The van der Waals surface area contributed by atoms with E-state index in [1.165, 1.54) is 30.5 Å². The van der Waals surface area contributed by atoms with Gasteiger partial charge < -0.3 is 30.6 Å². The van der Waals surface area contributed by atoms with Gasteiger partial charge in [-0.25, -0.2) is 9.78 Å². The van der Waals surface area contributed by atoms with Crippen molar-refractivity contribution in [3.05, 3.63) is 114 Å². The van der Waals surface area contributed by atoms with Crippen molar-refractivity contribution in [3.63, 3.8) is 0 Å². The minimum absolute atomic E-state index is 0.122. The van der Waals surface area contributed by atoms with Gasteiger partial charge in [-0.05, 0) is 92.2 Å². The summed E-state index contributed by atoms with van der Waals surface area (Å²) in [7, 11) is 0. The summed E-state index contributed by atoms with van der Waals surface area (Å²) in [4.78, 5) is 31.3. The fraction of sp³-hybridized carbons (Fsp3) is 0.237. The van der Waals surface area contributed by atoms with Crippen LogP contribution in [0.4, 0.5) is 24.7 Å². The molecule has 0 aliphatic carbocycles. The Balaban J connectivity index is 1.66. The van der Waals surface area contributed by atoms with Crippen LogP contribution in [-0.2, 0) is 26.6 Å². The molecule has 0 aliphatic rings. The van der Waals surface area contributed by atoms with Gasteiger partial charge in [0.05, 0.1) is 12.7 Å². The number of carbonyl (C=O) groups excluding carboxylic acids is 2. The van der Waals surface area contributed by atoms with Gasteiger partial charge in [0.1, 0.15) is 5.82 Å². The zero-order chi connectivity index (χ0) is 36.1. The third kappa shape index (κ3) is 7.91. The summed E-state index contributed by atoms with van der Waals surface area (Å²) in [5.41, 5.74) is 6.63. The number of aryl methyl sites for hydroxylation is 1. The molecule has 0 spiro atoms. The molecule has 50 heavy (non-hydrogen) atoms. The Morgan fingerprint density at radius 1 is 0.920 bits per heavy atom. The lowest BCUT2D eigenvalue weighted by atomic mass is 9.97. The zero-order valence-electron chi connectivity index (χ0n) is 27.9. The predicted molar refractivity (Wildman–Crippen MR) is 185 cm³/mol. The summed E-state index contributed by atoms with van der Waals surface area (Å²) in [6.45, 7) is 7.31. The first-order valence-electron chi connectivity index (χ1n) is 15.9. The van der Waals surface area contributed by atoms with Crippen LogP contribution in [0.1, 0.15) is 37.5 Å². The number of pyridine rings is 1. The highest BCUT2D eigenvalue weighted by molar-refractivity contribution is 5.96. The van der Waals surface area contributed by atoms with Crippen molar-refractivity contribution in [1.82, 2.24) is 10.3 Å². The molecule has 1 amide bonds. The van der Waals surface area contributed by atoms with Crippen molar-refractivity contribution in [2.45, 2.75) is 52.2 Å². The monoisotopic (exact) mass is 686 g/mol. The quantitative estimate of drug-likeness (QED) is 0.0903. The first kappa shape index (κ1) is 35.5. The Morgan fingerprint density at radius 3 is 2.42 bits per heavy atom. The highest BCUT2D eigenvalue weighted by atomic mass is 19.4. The van der Waals surface area contributed by atoms with E-state index >= 15 is 0 Å². The topological polar surface area (TPSA) is 125 Å². The highest BCUT2D eigenvalue weighted by Crippen LogP contribution is 2.38. The van der Waals surface area contributed by atoms with E-state index in [9.17, 15) is 22.8 Å². The van der Waals surface area contributed by atoms with Crippen LogP contribution in [0, 0.1) is 6.92 Å². The summed E-state index contributed by atoms with van der Waals surface area (Å²) in [5.74, 6) is -3.03. The average molecular weight is 687 g/mol. The van der Waals surface area contributed by atoms with E-state index in [0.29, 0.717) is 16.3 Å². The number of anilines is 2. The molecule has 1 atom stereocenters. The van der Waals surface area contributed by atoms with Crippen LogP contribution in [0.2, 0.25) is 0 Å². The number of halogens is 3. The number of carbonyl (C=O) groups is 2. The fourth-order valence-corrected chi connectivity index (χ4v) is 5.49. The number of benzene rings is 4. The van der Waals surface area contributed by atoms with Crippen LogP contribution >= 0.6 is 0 Å². The fourth-order valence-electron chi connectivity index (χ4n) is 5.49. The Morgan fingerprint density at radius 2 is 1.70 bits per heavy atom. The van der Waals surface area contributed by atoms with Crippen LogP contribution in [0.25, 0.3) is 21.9 Å². The van der Waals surface area contributed by atoms with E-state index in [-0.39, 0.29) is 47.8 Å². The molecular formula is C38H37F3N4O5. The molecule has 5 rings (SSSR count). The van der Waals surface area contributed by atoms with Gasteiger partial charge in [-0.2, -0.15) is 13.2 Å². The van der Waals surface area contributed by atoms with Crippen LogP contribution in [-0.4, -0.2) is 35.7 Å². The second-order valence-corrected chi connectivity index (χ2v) is 11.8. The molecule has 0 fully saturated rings. The molecule has 12 heteroatoms. The van der Waals surface area contributed by atoms with Crippen molar-refractivity contribution in [1.29, 1.82) is 0 Å². The molecule has 5 aromatic rings. The molecule has 0 aliphatic heterocycles. The van der Waals surface area contributed by atoms with E-state index in [0.717, 1.165) is 16.7 Å². The molecule has 4 aromatic carbocycles. The molecule has 0 radical (unpaired) electrons. The maximum atomic E-state index is 14.5. The largest absolute Gasteiger partial charge is 0.491 e. The van der Waals surface area contributed by atoms with E-state index < -0.39 is 23.8 Å². The van der Waals surface area contributed by atoms with Crippen LogP contribution in [0.3, 0.4) is 0 Å². The van der Waals surface area contributed by atoms with Crippen LogP contribution in [0.15, 0.2) is 97.2 Å². The summed E-state index contributed by atoms with van der Waals surface area (Å²) < 4.78 is 58.8. The first-order chi connectivity index (χ1) is 23.8. The van der Waals surface area contributed by atoms with Gasteiger partial charge in [0.2, 0.25) is 0 Å². The maximum absolute atomic E-state index is 14.5. The van der Waals surface area contributed by atoms with E-state index in [4.69, 9.17) is 19.9 Å². The van der Waals surface area contributed by atoms with Gasteiger partial charge >= 0.3 is 12.1 Å². The Kier molecular flexibility index (Phi) is 10.5. The lowest BCUT2D eigenvalue weighted by molar-refractivity contribution is -0.213. The molecule has 1 heterocycles. The van der Waals surface area contributed by atoms with Gasteiger partial charge in [-0.1, -0.05) is 54.1 Å². The smallest absolute Gasteiger partial charge is 0.490 e. The number of esters is 1. The summed E-state index contributed by atoms with van der Waals surface area (Å²) in [6, 6.07) is 25.5. The molecule has 0 saturated heterocycles. The summed E-state index contributed by atoms with van der Waals surface area (Å²) in [6.07, 6.45) is -4.25. The standard InChI is InChI=1S/C38H37F3N4O5/c1-5-48-33-21-28(13-16-32(33)49-23(2)3)37(50-36(47)38(39,40)41,45-29-14-15-31-26(20-29)17-18-43-34(31)42)35(46)44-22-27-10-6-7-12-30(27)25-11-8-9-24(4)19-25/h6-21,23,45H,5,22H2,1-4H3,(H2,42,43)(H,44,46). The summed E-state index contributed by atoms with van der Waals surface area (Å²) >= 11 is 0.